The van der Waals surface area contributed by atoms with Crippen LogP contribution < -0.4 is 0 Å². The van der Waals surface area contributed by atoms with Crippen LogP contribution in [0.3, 0.4) is 0 Å². The highest BCUT2D eigenvalue weighted by Crippen LogP contribution is 2.25. The van der Waals surface area contributed by atoms with Gasteiger partial charge in [-0.2, -0.15) is 9.78 Å². The molecule has 3 rings (SSSR count). The molecule has 0 radical (unpaired) electrons. The predicted molar refractivity (Wildman–Crippen MR) is 83.3 cm³/mol. The van der Waals surface area contributed by atoms with E-state index >= 15 is 0 Å². The number of carbonyl (C=O) groups is 1. The van der Waals surface area contributed by atoms with Crippen molar-refractivity contribution in [3.05, 3.63) is 64.7 Å². The molecule has 2 aromatic heterocycles. The Kier molecular flexibility index (Phi) is 3.68. The summed E-state index contributed by atoms with van der Waals surface area (Å²) in [4.78, 5) is 25.7. The lowest BCUT2D eigenvalue weighted by Crippen LogP contribution is -2.02. The van der Waals surface area contributed by atoms with Gasteiger partial charge in [0, 0.05) is 23.0 Å². The van der Waals surface area contributed by atoms with Gasteiger partial charge in [0.05, 0.1) is 11.3 Å². The molecule has 0 bridgehead atoms. The summed E-state index contributed by atoms with van der Waals surface area (Å²) >= 11 is 0. The lowest BCUT2D eigenvalue weighted by atomic mass is 10.1. The third kappa shape index (κ3) is 2.84. The average Bonchev–Trinajstić information content (AvgIpc) is 2.96. The van der Waals surface area contributed by atoms with E-state index in [1.165, 1.54) is 29.1 Å². The van der Waals surface area contributed by atoms with Crippen molar-refractivity contribution in [2.24, 2.45) is 5.18 Å². The zero-order chi connectivity index (χ0) is 16.4. The largest absolute Gasteiger partial charge is 0.493 e. The van der Waals surface area contributed by atoms with E-state index in [0.717, 1.165) is 11.1 Å². The van der Waals surface area contributed by atoms with Crippen molar-refractivity contribution in [2.75, 3.05) is 0 Å². The smallest absolute Gasteiger partial charge is 0.316 e. The van der Waals surface area contributed by atoms with Crippen LogP contribution >= 0.6 is 0 Å². The van der Waals surface area contributed by atoms with E-state index in [0.29, 0.717) is 5.69 Å². The van der Waals surface area contributed by atoms with Crippen LogP contribution in [0.2, 0.25) is 0 Å². The highest BCUT2D eigenvalue weighted by Gasteiger charge is 2.13. The van der Waals surface area contributed by atoms with Gasteiger partial charge in [0.1, 0.15) is 0 Å². The first-order chi connectivity index (χ1) is 11.1. The van der Waals surface area contributed by atoms with E-state index in [-0.39, 0.29) is 17.3 Å². The standard InChI is InChI=1S/C16H12N4O3/c1-10-2-4-11(5-3-10)13-9-15(21)20(18-13)14-8-12(6-7-17-14)16(22)19-23/h2-9,21H,1H3. The second kappa shape index (κ2) is 5.80. The molecule has 7 nitrogen and oxygen atoms in total. The summed E-state index contributed by atoms with van der Waals surface area (Å²) in [6.07, 6.45) is 1.35. The van der Waals surface area contributed by atoms with Gasteiger partial charge in [-0.25, -0.2) is 4.98 Å². The minimum atomic E-state index is -0.904. The molecule has 3 aromatic rings. The maximum atomic E-state index is 11.3. The Hall–Kier alpha value is -3.35. The van der Waals surface area contributed by atoms with Gasteiger partial charge in [-0.3, -0.25) is 4.79 Å². The Labute approximate surface area is 131 Å². The van der Waals surface area contributed by atoms with Crippen LogP contribution in [0.1, 0.15) is 15.9 Å². The molecule has 23 heavy (non-hydrogen) atoms. The lowest BCUT2D eigenvalue weighted by Gasteiger charge is -2.02. The molecular formula is C16H12N4O3. The van der Waals surface area contributed by atoms with Crippen LogP contribution in [-0.2, 0) is 0 Å². The Balaban J connectivity index is 2.03. The van der Waals surface area contributed by atoms with Gasteiger partial charge in [-0.05, 0) is 19.1 Å². The molecule has 7 heteroatoms. The van der Waals surface area contributed by atoms with Gasteiger partial charge >= 0.3 is 5.91 Å². The van der Waals surface area contributed by atoms with Crippen molar-refractivity contribution in [3.8, 4) is 23.0 Å². The van der Waals surface area contributed by atoms with Gasteiger partial charge in [0.25, 0.3) is 0 Å². The number of hydrogen-bond donors (Lipinski definition) is 1. The normalized spacial score (nSPS) is 10.5. The van der Waals surface area contributed by atoms with E-state index in [9.17, 15) is 14.8 Å². The van der Waals surface area contributed by atoms with Crippen LogP contribution in [0.5, 0.6) is 5.88 Å². The first-order valence-corrected chi connectivity index (χ1v) is 6.78. The Morgan fingerprint density at radius 2 is 1.91 bits per heavy atom. The maximum Gasteiger partial charge on any atom is 0.316 e. The van der Waals surface area contributed by atoms with E-state index in [4.69, 9.17) is 0 Å². The number of rotatable bonds is 3. The molecule has 0 spiro atoms. The first kappa shape index (κ1) is 14.6. The number of amides is 1. The van der Waals surface area contributed by atoms with E-state index < -0.39 is 5.91 Å². The molecule has 0 unspecified atom stereocenters. The van der Waals surface area contributed by atoms with Crippen molar-refractivity contribution < 1.29 is 9.90 Å². The number of carbonyl (C=O) groups excluding carboxylic acids is 1. The Morgan fingerprint density at radius 1 is 1.17 bits per heavy atom. The van der Waals surface area contributed by atoms with E-state index in [1.807, 2.05) is 31.2 Å². The number of benzene rings is 1. The van der Waals surface area contributed by atoms with Gasteiger partial charge < -0.3 is 5.11 Å². The molecule has 0 aliphatic heterocycles. The van der Waals surface area contributed by atoms with Crippen LogP contribution in [0.4, 0.5) is 0 Å². The minimum Gasteiger partial charge on any atom is -0.493 e. The first-order valence-electron chi connectivity index (χ1n) is 6.78. The fourth-order valence-corrected chi connectivity index (χ4v) is 2.13. The summed E-state index contributed by atoms with van der Waals surface area (Å²) < 4.78 is 1.19. The highest BCUT2D eigenvalue weighted by molar-refractivity contribution is 5.95. The Morgan fingerprint density at radius 3 is 2.61 bits per heavy atom. The van der Waals surface area contributed by atoms with Crippen molar-refractivity contribution >= 4 is 5.91 Å². The van der Waals surface area contributed by atoms with Crippen LogP contribution in [0.25, 0.3) is 17.1 Å². The third-order valence-electron chi connectivity index (χ3n) is 3.33. The molecular weight excluding hydrogens is 296 g/mol. The van der Waals surface area contributed by atoms with Gasteiger partial charge in [0.2, 0.25) is 5.88 Å². The third-order valence-corrected chi connectivity index (χ3v) is 3.33. The Bertz CT molecular complexity index is 885. The molecule has 0 saturated carbocycles. The molecule has 1 aromatic carbocycles. The molecule has 0 aliphatic rings. The number of aryl methyl sites for hydroxylation is 1. The average molecular weight is 308 g/mol. The van der Waals surface area contributed by atoms with E-state index in [1.54, 1.807) is 0 Å². The summed E-state index contributed by atoms with van der Waals surface area (Å²) in [5, 5.41) is 16.7. The summed E-state index contributed by atoms with van der Waals surface area (Å²) in [5.74, 6) is -0.814. The molecule has 1 amide bonds. The molecule has 0 saturated heterocycles. The van der Waals surface area contributed by atoms with Crippen molar-refractivity contribution in [3.63, 3.8) is 0 Å². The fraction of sp³-hybridized carbons (Fsp3) is 0.0625. The van der Waals surface area contributed by atoms with Crippen molar-refractivity contribution in [2.45, 2.75) is 6.92 Å². The number of hydrogen-bond acceptors (Lipinski definition) is 5. The maximum absolute atomic E-state index is 11.3. The molecule has 1 N–H and O–H groups in total. The topological polar surface area (TPSA) is 97.4 Å². The van der Waals surface area contributed by atoms with E-state index in [2.05, 4.69) is 15.3 Å². The predicted octanol–water partition coefficient (Wildman–Crippen LogP) is 2.85. The SMILES string of the molecule is Cc1ccc(-c2cc(O)n(-c3cc(C(=O)N=O)ccn3)n2)cc1. The van der Waals surface area contributed by atoms with Crippen molar-refractivity contribution in [1.82, 2.24) is 14.8 Å². The number of pyridine rings is 1. The zero-order valence-electron chi connectivity index (χ0n) is 12.2. The number of aromatic nitrogens is 3. The minimum absolute atomic E-state index is 0.0804. The lowest BCUT2D eigenvalue weighted by molar-refractivity contribution is 0.100. The van der Waals surface area contributed by atoms with Gasteiger partial charge in [-0.15, -0.1) is 4.91 Å². The fourth-order valence-electron chi connectivity index (χ4n) is 2.13. The van der Waals surface area contributed by atoms with Crippen molar-refractivity contribution in [1.29, 1.82) is 0 Å². The molecule has 0 aliphatic carbocycles. The summed E-state index contributed by atoms with van der Waals surface area (Å²) in [6.45, 7) is 1.98. The van der Waals surface area contributed by atoms with Gasteiger partial charge in [0.15, 0.2) is 5.82 Å². The summed E-state index contributed by atoms with van der Waals surface area (Å²) in [6, 6.07) is 11.9. The summed E-state index contributed by atoms with van der Waals surface area (Å²) in [7, 11) is 0. The van der Waals surface area contributed by atoms with Gasteiger partial charge in [-0.1, -0.05) is 29.8 Å². The van der Waals surface area contributed by atoms with Crippen LogP contribution in [0, 0.1) is 11.8 Å². The second-order valence-electron chi connectivity index (χ2n) is 4.96. The molecule has 0 fully saturated rings. The second-order valence-corrected chi connectivity index (χ2v) is 4.96. The molecule has 0 atom stereocenters. The highest BCUT2D eigenvalue weighted by atomic mass is 16.3. The quantitative estimate of drug-likeness (QED) is 0.750. The number of nitroso groups, excluding NO2 is 1. The molecule has 114 valence electrons. The monoisotopic (exact) mass is 308 g/mol. The zero-order valence-corrected chi connectivity index (χ0v) is 12.2. The number of nitrogens with zero attached hydrogens (tertiary/aromatic N) is 4. The summed E-state index contributed by atoms with van der Waals surface area (Å²) in [5.41, 5.74) is 2.60. The van der Waals surface area contributed by atoms with Crippen LogP contribution in [0.15, 0.2) is 53.8 Å². The number of aromatic hydroxyl groups is 1. The molecule has 2 heterocycles. The van der Waals surface area contributed by atoms with Crippen LogP contribution in [-0.4, -0.2) is 25.8 Å².